The van der Waals surface area contributed by atoms with Gasteiger partial charge in [0, 0.05) is 6.54 Å². The van der Waals surface area contributed by atoms with Gasteiger partial charge in [0.15, 0.2) is 0 Å². The molecule has 1 fully saturated rings. The molecule has 0 unspecified atom stereocenters. The topological polar surface area (TPSA) is 38.1 Å². The average Bonchev–Trinajstić information content (AvgIpc) is 2.63. The van der Waals surface area contributed by atoms with Crippen molar-refractivity contribution < 1.29 is 4.42 Å². The van der Waals surface area contributed by atoms with Crippen LogP contribution >= 0.6 is 11.8 Å². The molecule has 0 aliphatic carbocycles. The average molecular weight is 212 g/mol. The first-order valence-corrected chi connectivity index (χ1v) is 6.24. The van der Waals surface area contributed by atoms with Crippen LogP contribution in [-0.2, 0) is 0 Å². The third-order valence-electron chi connectivity index (χ3n) is 2.50. The van der Waals surface area contributed by atoms with E-state index in [9.17, 15) is 0 Å². The fraction of sp³-hybridized carbons (Fsp3) is 0.700. The van der Waals surface area contributed by atoms with Gasteiger partial charge in [-0.05, 0) is 37.2 Å². The van der Waals surface area contributed by atoms with Gasteiger partial charge in [0.1, 0.15) is 6.26 Å². The van der Waals surface area contributed by atoms with Gasteiger partial charge < -0.3 is 9.73 Å². The molecule has 0 radical (unpaired) electrons. The molecule has 1 aromatic rings. The van der Waals surface area contributed by atoms with Crippen LogP contribution in [0.1, 0.15) is 18.5 Å². The van der Waals surface area contributed by atoms with E-state index in [2.05, 4.69) is 22.1 Å². The molecule has 3 nitrogen and oxygen atoms in total. The molecule has 2 rings (SSSR count). The van der Waals surface area contributed by atoms with Crippen LogP contribution in [0, 0.1) is 12.8 Å². The SMILES string of the molecule is Cc1coc(NCC2CCSCC2)n1. The number of anilines is 1. The molecular formula is C10H16N2OS. The number of nitrogens with one attached hydrogen (secondary N) is 1. The predicted octanol–water partition coefficient (Wildman–Crippen LogP) is 2.54. The molecule has 0 amide bonds. The van der Waals surface area contributed by atoms with Crippen molar-refractivity contribution in [1.29, 1.82) is 0 Å². The number of aromatic nitrogens is 1. The van der Waals surface area contributed by atoms with Crippen LogP contribution in [-0.4, -0.2) is 23.0 Å². The van der Waals surface area contributed by atoms with Gasteiger partial charge in [0.2, 0.25) is 0 Å². The van der Waals surface area contributed by atoms with E-state index in [1.54, 1.807) is 6.26 Å². The highest BCUT2D eigenvalue weighted by atomic mass is 32.2. The Kier molecular flexibility index (Phi) is 3.35. The van der Waals surface area contributed by atoms with Gasteiger partial charge in [0.05, 0.1) is 5.69 Å². The third kappa shape index (κ3) is 2.67. The van der Waals surface area contributed by atoms with Gasteiger partial charge in [-0.1, -0.05) is 0 Å². The number of hydrogen-bond acceptors (Lipinski definition) is 4. The maximum atomic E-state index is 5.23. The summed E-state index contributed by atoms with van der Waals surface area (Å²) in [4.78, 5) is 4.21. The Morgan fingerprint density at radius 1 is 1.57 bits per heavy atom. The fourth-order valence-corrected chi connectivity index (χ4v) is 2.82. The van der Waals surface area contributed by atoms with Gasteiger partial charge in [-0.15, -0.1) is 0 Å². The second-order valence-electron chi connectivity index (χ2n) is 3.73. The molecule has 1 aliphatic rings. The lowest BCUT2D eigenvalue weighted by molar-refractivity contribution is 0.499. The Balaban J connectivity index is 1.76. The minimum Gasteiger partial charge on any atom is -0.432 e. The Morgan fingerprint density at radius 3 is 3.00 bits per heavy atom. The highest BCUT2D eigenvalue weighted by Crippen LogP contribution is 2.22. The molecule has 4 heteroatoms. The Hall–Kier alpha value is -0.640. The number of hydrogen-bond donors (Lipinski definition) is 1. The van der Waals surface area contributed by atoms with Crippen LogP contribution < -0.4 is 5.32 Å². The van der Waals surface area contributed by atoms with Crippen LogP contribution in [0.5, 0.6) is 0 Å². The quantitative estimate of drug-likeness (QED) is 0.835. The Labute approximate surface area is 88.7 Å². The van der Waals surface area contributed by atoms with Crippen molar-refractivity contribution >= 4 is 17.8 Å². The molecule has 14 heavy (non-hydrogen) atoms. The normalized spacial score (nSPS) is 18.4. The summed E-state index contributed by atoms with van der Waals surface area (Å²) in [7, 11) is 0. The number of thioether (sulfide) groups is 1. The second-order valence-corrected chi connectivity index (χ2v) is 4.96. The summed E-state index contributed by atoms with van der Waals surface area (Å²) >= 11 is 2.06. The number of oxazole rings is 1. The Bertz CT molecular complexity index is 281. The largest absolute Gasteiger partial charge is 0.432 e. The van der Waals surface area contributed by atoms with E-state index in [0.717, 1.165) is 18.2 Å². The number of aryl methyl sites for hydroxylation is 1. The molecule has 0 aromatic carbocycles. The smallest absolute Gasteiger partial charge is 0.294 e. The van der Waals surface area contributed by atoms with E-state index >= 15 is 0 Å². The molecule has 0 atom stereocenters. The first-order chi connectivity index (χ1) is 6.84. The fourth-order valence-electron chi connectivity index (χ4n) is 1.62. The van der Waals surface area contributed by atoms with Gasteiger partial charge >= 0.3 is 0 Å². The second kappa shape index (κ2) is 4.73. The molecule has 2 heterocycles. The minimum atomic E-state index is 0.667. The van der Waals surface area contributed by atoms with Crippen LogP contribution in [0.15, 0.2) is 10.7 Å². The van der Waals surface area contributed by atoms with Crippen LogP contribution in [0.2, 0.25) is 0 Å². The minimum absolute atomic E-state index is 0.667. The van der Waals surface area contributed by atoms with E-state index in [0.29, 0.717) is 6.01 Å². The van der Waals surface area contributed by atoms with E-state index in [4.69, 9.17) is 4.42 Å². The highest BCUT2D eigenvalue weighted by molar-refractivity contribution is 7.99. The van der Waals surface area contributed by atoms with Crippen LogP contribution in [0.4, 0.5) is 6.01 Å². The molecular weight excluding hydrogens is 196 g/mol. The van der Waals surface area contributed by atoms with E-state index in [-0.39, 0.29) is 0 Å². The lowest BCUT2D eigenvalue weighted by atomic mass is 10.0. The van der Waals surface area contributed by atoms with Gasteiger partial charge in [0.25, 0.3) is 6.01 Å². The molecule has 1 saturated heterocycles. The molecule has 0 spiro atoms. The van der Waals surface area contributed by atoms with Crippen LogP contribution in [0.3, 0.4) is 0 Å². The van der Waals surface area contributed by atoms with Crippen molar-refractivity contribution in [2.45, 2.75) is 19.8 Å². The molecule has 78 valence electrons. The third-order valence-corrected chi connectivity index (χ3v) is 3.55. The van der Waals surface area contributed by atoms with Crippen molar-refractivity contribution in [3.63, 3.8) is 0 Å². The summed E-state index contributed by atoms with van der Waals surface area (Å²) in [5, 5.41) is 3.25. The monoisotopic (exact) mass is 212 g/mol. The first kappa shape index (κ1) is 9.90. The maximum Gasteiger partial charge on any atom is 0.294 e. The maximum absolute atomic E-state index is 5.23. The van der Waals surface area contributed by atoms with Crippen molar-refractivity contribution in [3.8, 4) is 0 Å². The van der Waals surface area contributed by atoms with Crippen molar-refractivity contribution in [2.75, 3.05) is 23.4 Å². The number of nitrogens with zero attached hydrogens (tertiary/aromatic N) is 1. The molecule has 1 aromatic heterocycles. The van der Waals surface area contributed by atoms with Gasteiger partial charge in [-0.3, -0.25) is 0 Å². The van der Waals surface area contributed by atoms with Crippen LogP contribution in [0.25, 0.3) is 0 Å². The summed E-state index contributed by atoms with van der Waals surface area (Å²) in [6.07, 6.45) is 4.31. The van der Waals surface area contributed by atoms with E-state index in [1.165, 1.54) is 24.3 Å². The highest BCUT2D eigenvalue weighted by Gasteiger charge is 2.13. The zero-order valence-electron chi connectivity index (χ0n) is 8.45. The molecule has 0 saturated carbocycles. The summed E-state index contributed by atoms with van der Waals surface area (Å²) in [6, 6.07) is 0.667. The standard InChI is InChI=1S/C10H16N2OS/c1-8-7-13-10(12-8)11-6-9-2-4-14-5-3-9/h7,9H,2-6H2,1H3,(H,11,12). The van der Waals surface area contributed by atoms with Gasteiger partial charge in [-0.25, -0.2) is 0 Å². The predicted molar refractivity (Wildman–Crippen MR) is 59.8 cm³/mol. The van der Waals surface area contributed by atoms with Crippen molar-refractivity contribution in [1.82, 2.24) is 4.98 Å². The summed E-state index contributed by atoms with van der Waals surface area (Å²) in [5.41, 5.74) is 0.937. The zero-order chi connectivity index (χ0) is 9.80. The van der Waals surface area contributed by atoms with Crippen molar-refractivity contribution in [3.05, 3.63) is 12.0 Å². The lowest BCUT2D eigenvalue weighted by Crippen LogP contribution is -2.19. The van der Waals surface area contributed by atoms with Crippen molar-refractivity contribution in [2.24, 2.45) is 5.92 Å². The molecule has 1 aliphatic heterocycles. The zero-order valence-corrected chi connectivity index (χ0v) is 9.27. The summed E-state index contributed by atoms with van der Waals surface area (Å²) in [6.45, 7) is 2.94. The first-order valence-electron chi connectivity index (χ1n) is 5.08. The number of rotatable bonds is 3. The van der Waals surface area contributed by atoms with Gasteiger partial charge in [-0.2, -0.15) is 16.7 Å². The van der Waals surface area contributed by atoms with E-state index in [1.807, 2.05) is 6.92 Å². The summed E-state index contributed by atoms with van der Waals surface area (Å²) in [5.74, 6) is 3.40. The van der Waals surface area contributed by atoms with E-state index < -0.39 is 0 Å². The summed E-state index contributed by atoms with van der Waals surface area (Å²) < 4.78 is 5.23. The molecule has 1 N–H and O–H groups in total. The Morgan fingerprint density at radius 2 is 2.36 bits per heavy atom. The lowest BCUT2D eigenvalue weighted by Gasteiger charge is -2.20. The molecule has 0 bridgehead atoms.